The molecule has 2 aromatic carbocycles. The zero-order chi connectivity index (χ0) is 26.4. The van der Waals surface area contributed by atoms with Gasteiger partial charge in [0.25, 0.3) is 5.91 Å². The van der Waals surface area contributed by atoms with Crippen molar-refractivity contribution in [3.05, 3.63) is 74.7 Å². The van der Waals surface area contributed by atoms with E-state index in [1.807, 2.05) is 48.5 Å². The average Bonchev–Trinajstić information content (AvgIpc) is 3.48. The van der Waals surface area contributed by atoms with Crippen LogP contribution in [-0.4, -0.2) is 51.9 Å². The van der Waals surface area contributed by atoms with E-state index >= 15 is 0 Å². The second-order valence-corrected chi connectivity index (χ2v) is 11.4. The SMILES string of the molecule is CC(C)(O)CCNCc1ccc(N2C[C@H](NC(=O)c3nnc(CCc4ccc(Cl)cc4)s3)CC2=O)cc1.Cl. The van der Waals surface area contributed by atoms with Crippen molar-refractivity contribution in [3.8, 4) is 0 Å². The average molecular weight is 579 g/mol. The number of carbonyl (C=O) groups excluding carboxylic acids is 2. The van der Waals surface area contributed by atoms with E-state index < -0.39 is 5.60 Å². The summed E-state index contributed by atoms with van der Waals surface area (Å²) in [7, 11) is 0. The maximum Gasteiger partial charge on any atom is 0.282 e. The third-order valence-electron chi connectivity index (χ3n) is 6.15. The van der Waals surface area contributed by atoms with Gasteiger partial charge in [-0.2, -0.15) is 0 Å². The Morgan fingerprint density at radius 1 is 1.11 bits per heavy atom. The van der Waals surface area contributed by atoms with Crippen LogP contribution in [0.4, 0.5) is 5.69 Å². The van der Waals surface area contributed by atoms with Gasteiger partial charge in [0.15, 0.2) is 0 Å². The maximum atomic E-state index is 12.7. The van der Waals surface area contributed by atoms with Crippen molar-refractivity contribution in [2.75, 3.05) is 18.0 Å². The van der Waals surface area contributed by atoms with Crippen LogP contribution in [0.5, 0.6) is 0 Å². The molecule has 4 rings (SSSR count). The van der Waals surface area contributed by atoms with E-state index in [0.29, 0.717) is 36.0 Å². The first-order valence-electron chi connectivity index (χ1n) is 12.4. The van der Waals surface area contributed by atoms with E-state index in [-0.39, 0.29) is 36.7 Å². The molecule has 1 saturated heterocycles. The van der Waals surface area contributed by atoms with Crippen molar-refractivity contribution >= 4 is 52.8 Å². The fraction of sp³-hybridized carbons (Fsp3) is 0.407. The van der Waals surface area contributed by atoms with Crippen LogP contribution in [0.3, 0.4) is 0 Å². The predicted molar refractivity (Wildman–Crippen MR) is 153 cm³/mol. The van der Waals surface area contributed by atoms with Crippen LogP contribution in [0, 0.1) is 0 Å². The summed E-state index contributed by atoms with van der Waals surface area (Å²) >= 11 is 7.21. The summed E-state index contributed by atoms with van der Waals surface area (Å²) in [6, 6.07) is 15.2. The molecule has 11 heteroatoms. The minimum absolute atomic E-state index is 0. The van der Waals surface area contributed by atoms with Gasteiger partial charge in [0.2, 0.25) is 10.9 Å². The van der Waals surface area contributed by atoms with Crippen molar-refractivity contribution in [2.24, 2.45) is 0 Å². The van der Waals surface area contributed by atoms with E-state index in [4.69, 9.17) is 11.6 Å². The Kier molecular flexibility index (Phi) is 10.6. The summed E-state index contributed by atoms with van der Waals surface area (Å²) < 4.78 is 0. The second kappa shape index (κ2) is 13.5. The summed E-state index contributed by atoms with van der Waals surface area (Å²) in [5.74, 6) is -0.329. The Balaban J connectivity index is 0.00000400. The summed E-state index contributed by atoms with van der Waals surface area (Å²) in [6.07, 6.45) is 2.39. The monoisotopic (exact) mass is 577 g/mol. The van der Waals surface area contributed by atoms with Gasteiger partial charge in [0.05, 0.1) is 11.6 Å². The van der Waals surface area contributed by atoms with E-state index in [0.717, 1.165) is 34.8 Å². The number of aromatic nitrogens is 2. The first-order chi connectivity index (χ1) is 17.7. The molecule has 3 aromatic rings. The van der Waals surface area contributed by atoms with Crippen LogP contribution in [-0.2, 0) is 24.2 Å². The molecular formula is C27H33Cl2N5O3S. The number of hydrogen-bond donors (Lipinski definition) is 3. The molecule has 1 aliphatic rings. The van der Waals surface area contributed by atoms with Crippen molar-refractivity contribution < 1.29 is 14.7 Å². The van der Waals surface area contributed by atoms with Crippen molar-refractivity contribution in [1.29, 1.82) is 0 Å². The van der Waals surface area contributed by atoms with Crippen LogP contribution in [0.15, 0.2) is 48.5 Å². The lowest BCUT2D eigenvalue weighted by Gasteiger charge is -2.18. The molecular weight excluding hydrogens is 545 g/mol. The standard InChI is InChI=1S/C27H32ClN5O3S.ClH/c1-27(2,36)13-14-29-16-19-5-10-22(11-6-19)33-17-21(15-24(33)34)30-25(35)26-32-31-23(37-26)12-7-18-3-8-20(28)9-4-18;/h3-6,8-11,21,29,36H,7,12-17H2,1-2H3,(H,30,35);1H/t21-;/m1./s1. The van der Waals surface area contributed by atoms with E-state index in [9.17, 15) is 14.7 Å². The van der Waals surface area contributed by atoms with Crippen molar-refractivity contribution in [1.82, 2.24) is 20.8 Å². The van der Waals surface area contributed by atoms with E-state index in [1.54, 1.807) is 18.7 Å². The number of nitrogens with zero attached hydrogens (tertiary/aromatic N) is 3. The molecule has 3 N–H and O–H groups in total. The fourth-order valence-electron chi connectivity index (χ4n) is 4.07. The van der Waals surface area contributed by atoms with Crippen LogP contribution in [0.25, 0.3) is 0 Å². The minimum atomic E-state index is -0.685. The van der Waals surface area contributed by atoms with Crippen LogP contribution in [0.2, 0.25) is 5.02 Å². The lowest BCUT2D eigenvalue weighted by molar-refractivity contribution is -0.117. The first-order valence-corrected chi connectivity index (χ1v) is 13.6. The van der Waals surface area contributed by atoms with Gasteiger partial charge < -0.3 is 20.6 Å². The van der Waals surface area contributed by atoms with Crippen LogP contribution in [0.1, 0.15) is 52.6 Å². The Morgan fingerprint density at radius 3 is 2.47 bits per heavy atom. The molecule has 0 bridgehead atoms. The molecule has 2 amide bonds. The predicted octanol–water partition coefficient (Wildman–Crippen LogP) is 4.18. The highest BCUT2D eigenvalue weighted by molar-refractivity contribution is 7.13. The van der Waals surface area contributed by atoms with Crippen molar-refractivity contribution in [2.45, 2.75) is 57.7 Å². The Morgan fingerprint density at radius 2 is 1.79 bits per heavy atom. The Labute approximate surface area is 238 Å². The van der Waals surface area contributed by atoms with Gasteiger partial charge in [0.1, 0.15) is 5.01 Å². The van der Waals surface area contributed by atoms with Crippen molar-refractivity contribution in [3.63, 3.8) is 0 Å². The zero-order valence-electron chi connectivity index (χ0n) is 21.4. The highest BCUT2D eigenvalue weighted by atomic mass is 35.5. The molecule has 0 spiro atoms. The number of anilines is 1. The highest BCUT2D eigenvalue weighted by Crippen LogP contribution is 2.23. The van der Waals surface area contributed by atoms with Gasteiger partial charge in [0, 0.05) is 36.6 Å². The number of rotatable bonds is 11. The topological polar surface area (TPSA) is 107 Å². The summed E-state index contributed by atoms with van der Waals surface area (Å²) in [4.78, 5) is 27.1. The van der Waals surface area contributed by atoms with Gasteiger partial charge in [-0.1, -0.05) is 47.2 Å². The molecule has 0 aliphatic carbocycles. The molecule has 1 aliphatic heterocycles. The third-order valence-corrected chi connectivity index (χ3v) is 7.39. The normalized spacial score (nSPS) is 15.4. The van der Waals surface area contributed by atoms with Gasteiger partial charge in [-0.05, 0) is 68.6 Å². The van der Waals surface area contributed by atoms with Gasteiger partial charge >= 0.3 is 0 Å². The molecule has 1 atom stereocenters. The maximum absolute atomic E-state index is 12.7. The Hall–Kier alpha value is -2.56. The smallest absolute Gasteiger partial charge is 0.282 e. The fourth-order valence-corrected chi connectivity index (χ4v) is 4.94. The number of aryl methyl sites for hydroxylation is 2. The second-order valence-electron chi connectivity index (χ2n) is 9.91. The summed E-state index contributed by atoms with van der Waals surface area (Å²) in [5.41, 5.74) is 2.36. The van der Waals surface area contributed by atoms with Gasteiger partial charge in [-0.3, -0.25) is 9.59 Å². The number of amides is 2. The molecule has 1 fully saturated rings. The first kappa shape index (κ1) is 30.0. The lowest BCUT2D eigenvalue weighted by Crippen LogP contribution is -2.37. The largest absolute Gasteiger partial charge is 0.390 e. The summed E-state index contributed by atoms with van der Waals surface area (Å²) in [5, 5.41) is 26.1. The number of aliphatic hydroxyl groups is 1. The molecule has 0 unspecified atom stereocenters. The Bertz CT molecular complexity index is 1210. The molecule has 1 aromatic heterocycles. The number of carbonyl (C=O) groups is 2. The van der Waals surface area contributed by atoms with E-state index in [2.05, 4.69) is 20.8 Å². The minimum Gasteiger partial charge on any atom is -0.390 e. The van der Waals surface area contributed by atoms with Crippen LogP contribution >= 0.6 is 35.3 Å². The number of hydrogen-bond acceptors (Lipinski definition) is 7. The number of nitrogens with one attached hydrogen (secondary N) is 2. The van der Waals surface area contributed by atoms with Crippen LogP contribution < -0.4 is 15.5 Å². The molecule has 8 nitrogen and oxygen atoms in total. The zero-order valence-corrected chi connectivity index (χ0v) is 23.8. The summed E-state index contributed by atoms with van der Waals surface area (Å²) in [6.45, 7) is 5.40. The molecule has 38 heavy (non-hydrogen) atoms. The molecule has 204 valence electrons. The van der Waals surface area contributed by atoms with E-state index in [1.165, 1.54) is 11.3 Å². The van der Waals surface area contributed by atoms with Gasteiger partial charge in [-0.15, -0.1) is 22.6 Å². The van der Waals surface area contributed by atoms with Gasteiger partial charge in [-0.25, -0.2) is 0 Å². The molecule has 0 saturated carbocycles. The highest BCUT2D eigenvalue weighted by Gasteiger charge is 2.32. The number of halogens is 2. The quantitative estimate of drug-likeness (QED) is 0.295. The lowest BCUT2D eigenvalue weighted by atomic mass is 10.1. The third kappa shape index (κ3) is 8.74. The molecule has 0 radical (unpaired) electrons. The number of benzene rings is 2. The molecule has 2 heterocycles.